The topological polar surface area (TPSA) is 107 Å². The van der Waals surface area contributed by atoms with E-state index in [1.165, 1.54) is 0 Å². The minimum absolute atomic E-state index is 0.104. The Kier molecular flexibility index (Phi) is 5.32. The minimum atomic E-state index is -0.702. The number of benzene rings is 3. The predicted molar refractivity (Wildman–Crippen MR) is 117 cm³/mol. The quantitative estimate of drug-likeness (QED) is 0.553. The van der Waals surface area contributed by atoms with Crippen LogP contribution in [-0.2, 0) is 16.0 Å². The highest BCUT2D eigenvalue weighted by Crippen LogP contribution is 2.33. The second-order valence-corrected chi connectivity index (χ2v) is 7.09. The van der Waals surface area contributed by atoms with Gasteiger partial charge in [-0.25, -0.2) is 0 Å². The Hall–Kier alpha value is -3.90. The van der Waals surface area contributed by atoms with Gasteiger partial charge in [0.25, 0.3) is 5.91 Å². The predicted octanol–water partition coefficient (Wildman–Crippen LogP) is 3.33. The number of anilines is 1. The minimum Gasteiger partial charge on any atom is -0.457 e. The largest absolute Gasteiger partial charge is 0.457 e. The van der Waals surface area contributed by atoms with Crippen LogP contribution in [0.1, 0.15) is 16.7 Å². The molecule has 150 valence electrons. The van der Waals surface area contributed by atoms with E-state index in [0.29, 0.717) is 23.5 Å². The average molecular weight is 399 g/mol. The number of fused-ring (bicyclic) bond motifs is 1. The molecular formula is C24H21N3O3. The average Bonchev–Trinajstić information content (AvgIpc) is 3.06. The van der Waals surface area contributed by atoms with Crippen molar-refractivity contribution in [2.45, 2.75) is 12.5 Å². The number of nitrogens with two attached hydrogens (primary N) is 2. The molecule has 0 radical (unpaired) electrons. The lowest BCUT2D eigenvalue weighted by atomic mass is 10.0. The van der Waals surface area contributed by atoms with Crippen molar-refractivity contribution in [1.29, 1.82) is 0 Å². The summed E-state index contributed by atoms with van der Waals surface area (Å²) in [6, 6.07) is 21.8. The van der Waals surface area contributed by atoms with E-state index in [2.05, 4.69) is 5.32 Å². The summed E-state index contributed by atoms with van der Waals surface area (Å²) < 4.78 is 5.87. The van der Waals surface area contributed by atoms with Crippen LogP contribution in [-0.4, -0.2) is 17.9 Å². The zero-order valence-electron chi connectivity index (χ0n) is 16.2. The first-order chi connectivity index (χ1) is 14.5. The first kappa shape index (κ1) is 19.4. The molecule has 1 aliphatic heterocycles. The van der Waals surface area contributed by atoms with Gasteiger partial charge < -0.3 is 21.5 Å². The van der Waals surface area contributed by atoms with Gasteiger partial charge in [-0.2, -0.15) is 0 Å². The number of primary amides is 1. The van der Waals surface area contributed by atoms with Crippen molar-refractivity contribution < 1.29 is 14.3 Å². The first-order valence-electron chi connectivity index (χ1n) is 9.54. The zero-order chi connectivity index (χ0) is 21.1. The molecule has 1 heterocycles. The highest BCUT2D eigenvalue weighted by atomic mass is 16.5. The number of rotatable bonds is 6. The molecule has 0 bridgehead atoms. The summed E-state index contributed by atoms with van der Waals surface area (Å²) in [6.07, 6.45) is 2.25. The molecule has 0 aliphatic carbocycles. The molecule has 0 aromatic heterocycles. The van der Waals surface area contributed by atoms with E-state index in [1.54, 1.807) is 0 Å². The van der Waals surface area contributed by atoms with E-state index in [4.69, 9.17) is 16.2 Å². The molecule has 3 aromatic rings. The van der Waals surface area contributed by atoms with Gasteiger partial charge in [0.1, 0.15) is 11.5 Å². The standard InChI is InChI=1S/C24H21N3O3/c25-21(23(26)28)14-16-7-11-18(12-8-16)30-17-9-5-15(6-10-17)13-20-19-3-1-2-4-22(19)27-24(20)29/h1-13,21H,14,25H2,(H2,26,28)(H,27,29)/b20-13+. The molecule has 5 N–H and O–H groups in total. The molecule has 1 atom stereocenters. The molecular weight excluding hydrogens is 378 g/mol. The maximum atomic E-state index is 12.2. The number of hydrogen-bond donors (Lipinski definition) is 3. The lowest BCUT2D eigenvalue weighted by Gasteiger charge is -2.09. The second-order valence-electron chi connectivity index (χ2n) is 7.09. The fourth-order valence-electron chi connectivity index (χ4n) is 3.27. The van der Waals surface area contributed by atoms with E-state index in [0.717, 1.165) is 22.4 Å². The Morgan fingerprint density at radius 1 is 0.967 bits per heavy atom. The molecule has 0 saturated carbocycles. The van der Waals surface area contributed by atoms with Gasteiger partial charge in [-0.05, 0) is 54.0 Å². The van der Waals surface area contributed by atoms with Gasteiger partial charge in [0, 0.05) is 16.8 Å². The van der Waals surface area contributed by atoms with Crippen LogP contribution in [0.4, 0.5) is 5.69 Å². The Labute approximate surface area is 174 Å². The molecule has 0 saturated heterocycles. The summed E-state index contributed by atoms with van der Waals surface area (Å²) in [7, 11) is 0. The molecule has 0 fully saturated rings. The van der Waals surface area contributed by atoms with Crippen molar-refractivity contribution in [2.24, 2.45) is 11.5 Å². The maximum absolute atomic E-state index is 12.2. The third kappa shape index (κ3) is 4.24. The highest BCUT2D eigenvalue weighted by Gasteiger charge is 2.23. The van der Waals surface area contributed by atoms with E-state index >= 15 is 0 Å². The molecule has 4 rings (SSSR count). The Balaban J connectivity index is 1.44. The van der Waals surface area contributed by atoms with Gasteiger partial charge in [0.05, 0.1) is 6.04 Å². The fraction of sp³-hybridized carbons (Fsp3) is 0.0833. The lowest BCUT2D eigenvalue weighted by Crippen LogP contribution is -2.38. The summed E-state index contributed by atoms with van der Waals surface area (Å²) in [5, 5.41) is 2.87. The number of ether oxygens (including phenoxy) is 1. The lowest BCUT2D eigenvalue weighted by molar-refractivity contribution is -0.119. The third-order valence-corrected chi connectivity index (χ3v) is 4.88. The van der Waals surface area contributed by atoms with Crippen LogP contribution in [0.15, 0.2) is 72.8 Å². The van der Waals surface area contributed by atoms with Crippen LogP contribution in [0.2, 0.25) is 0 Å². The number of hydrogen-bond acceptors (Lipinski definition) is 4. The molecule has 6 nitrogen and oxygen atoms in total. The summed E-state index contributed by atoms with van der Waals surface area (Å²) in [5.74, 6) is 0.716. The molecule has 0 spiro atoms. The van der Waals surface area contributed by atoms with Gasteiger partial charge in [-0.15, -0.1) is 0 Å². The van der Waals surface area contributed by atoms with Crippen molar-refractivity contribution in [3.63, 3.8) is 0 Å². The summed E-state index contributed by atoms with van der Waals surface area (Å²) in [5.41, 5.74) is 15.1. The summed E-state index contributed by atoms with van der Waals surface area (Å²) in [6.45, 7) is 0. The number of carbonyl (C=O) groups excluding carboxylic acids is 2. The molecule has 1 unspecified atom stereocenters. The Bertz CT molecular complexity index is 1120. The van der Waals surface area contributed by atoms with Gasteiger partial charge in [-0.3, -0.25) is 9.59 Å². The van der Waals surface area contributed by atoms with E-state index in [1.807, 2.05) is 78.9 Å². The number of para-hydroxylation sites is 1. The Morgan fingerprint density at radius 2 is 1.60 bits per heavy atom. The van der Waals surface area contributed by atoms with Crippen molar-refractivity contribution in [1.82, 2.24) is 0 Å². The normalized spacial score (nSPS) is 14.8. The molecule has 1 aliphatic rings. The number of carbonyl (C=O) groups is 2. The van der Waals surface area contributed by atoms with Crippen molar-refractivity contribution in [2.75, 3.05) is 5.32 Å². The van der Waals surface area contributed by atoms with Crippen molar-refractivity contribution in [3.05, 3.63) is 89.5 Å². The smallest absolute Gasteiger partial charge is 0.256 e. The van der Waals surface area contributed by atoms with Gasteiger partial charge >= 0.3 is 0 Å². The molecule has 3 aromatic carbocycles. The SMILES string of the molecule is NC(=O)C(N)Cc1ccc(Oc2ccc(/C=C3/C(=O)Nc4ccccc43)cc2)cc1. The fourth-order valence-corrected chi connectivity index (χ4v) is 3.27. The van der Waals surface area contributed by atoms with Crippen LogP contribution in [0.5, 0.6) is 11.5 Å². The number of nitrogens with one attached hydrogen (secondary N) is 1. The monoisotopic (exact) mass is 399 g/mol. The second kappa shape index (κ2) is 8.23. The highest BCUT2D eigenvalue weighted by molar-refractivity contribution is 6.34. The number of amides is 2. The summed E-state index contributed by atoms with van der Waals surface area (Å²) >= 11 is 0. The molecule has 2 amide bonds. The Morgan fingerprint density at radius 3 is 2.27 bits per heavy atom. The van der Waals surface area contributed by atoms with Crippen molar-refractivity contribution >= 4 is 29.2 Å². The van der Waals surface area contributed by atoms with E-state index in [9.17, 15) is 9.59 Å². The third-order valence-electron chi connectivity index (χ3n) is 4.88. The van der Waals surface area contributed by atoms with Crippen LogP contribution in [0, 0.1) is 0 Å². The summed E-state index contributed by atoms with van der Waals surface area (Å²) in [4.78, 5) is 23.3. The van der Waals surface area contributed by atoms with Crippen LogP contribution in [0.25, 0.3) is 11.6 Å². The van der Waals surface area contributed by atoms with Crippen LogP contribution < -0.4 is 21.5 Å². The zero-order valence-corrected chi connectivity index (χ0v) is 16.2. The van der Waals surface area contributed by atoms with Crippen LogP contribution in [0.3, 0.4) is 0 Å². The van der Waals surface area contributed by atoms with Crippen LogP contribution >= 0.6 is 0 Å². The molecule has 6 heteroatoms. The van der Waals surface area contributed by atoms with Crippen molar-refractivity contribution in [3.8, 4) is 11.5 Å². The van der Waals surface area contributed by atoms with E-state index < -0.39 is 11.9 Å². The molecule has 30 heavy (non-hydrogen) atoms. The van der Waals surface area contributed by atoms with Gasteiger partial charge in [0.15, 0.2) is 0 Å². The van der Waals surface area contributed by atoms with Gasteiger partial charge in [0.2, 0.25) is 5.91 Å². The first-order valence-corrected chi connectivity index (χ1v) is 9.54. The van der Waals surface area contributed by atoms with E-state index in [-0.39, 0.29) is 5.91 Å². The maximum Gasteiger partial charge on any atom is 0.256 e. The van der Waals surface area contributed by atoms with Gasteiger partial charge in [-0.1, -0.05) is 42.5 Å².